The number of piperidine rings is 1. The van der Waals surface area contributed by atoms with Crippen LogP contribution in [0.3, 0.4) is 0 Å². The molecule has 27 heavy (non-hydrogen) atoms. The van der Waals surface area contributed by atoms with E-state index in [9.17, 15) is 4.79 Å². The standard InChI is InChI=1S/C19H25N5O2S/c1-3-26-16-10-6-5-9-14(16)21-19(27)22-15-13-20-23(2)17(15)18(25)24-11-7-4-8-12-24/h5-6,9-10,13H,3-4,7-8,11-12H2,1-2H3,(H2,21,22,27). The molecule has 144 valence electrons. The number of anilines is 2. The van der Waals surface area contributed by atoms with Crippen LogP contribution in [0.15, 0.2) is 30.5 Å². The molecule has 0 aliphatic carbocycles. The number of amides is 1. The molecule has 1 aliphatic heterocycles. The van der Waals surface area contributed by atoms with Crippen LogP contribution in [0.1, 0.15) is 36.7 Å². The number of carbonyl (C=O) groups excluding carboxylic acids is 1. The van der Waals surface area contributed by atoms with Gasteiger partial charge in [-0.05, 0) is 50.5 Å². The highest BCUT2D eigenvalue weighted by atomic mass is 32.1. The van der Waals surface area contributed by atoms with Crippen molar-refractivity contribution >= 4 is 34.6 Å². The monoisotopic (exact) mass is 387 g/mol. The summed E-state index contributed by atoms with van der Waals surface area (Å²) in [4.78, 5) is 14.8. The number of thiocarbonyl (C=S) groups is 1. The van der Waals surface area contributed by atoms with Crippen molar-refractivity contribution in [1.82, 2.24) is 14.7 Å². The molecular weight excluding hydrogens is 362 g/mol. The van der Waals surface area contributed by atoms with Gasteiger partial charge in [0.2, 0.25) is 0 Å². The zero-order valence-corrected chi connectivity index (χ0v) is 16.5. The molecule has 0 unspecified atom stereocenters. The largest absolute Gasteiger partial charge is 0.492 e. The maximum absolute atomic E-state index is 12.9. The SMILES string of the molecule is CCOc1ccccc1NC(=S)Nc1cnn(C)c1C(=O)N1CCCCC1. The quantitative estimate of drug-likeness (QED) is 0.768. The first-order valence-corrected chi connectivity index (χ1v) is 9.62. The van der Waals surface area contributed by atoms with Gasteiger partial charge < -0.3 is 20.3 Å². The molecular formula is C19H25N5O2S. The molecule has 0 atom stereocenters. The molecule has 1 aliphatic rings. The summed E-state index contributed by atoms with van der Waals surface area (Å²) in [5, 5.41) is 10.8. The van der Waals surface area contributed by atoms with E-state index in [1.807, 2.05) is 36.1 Å². The second kappa shape index (κ2) is 8.85. The predicted octanol–water partition coefficient (Wildman–Crippen LogP) is 3.25. The molecule has 1 fully saturated rings. The lowest BCUT2D eigenvalue weighted by Crippen LogP contribution is -2.37. The zero-order valence-electron chi connectivity index (χ0n) is 15.7. The summed E-state index contributed by atoms with van der Waals surface area (Å²) in [6.45, 7) is 4.07. The molecule has 3 rings (SSSR count). The van der Waals surface area contributed by atoms with Gasteiger partial charge in [-0.3, -0.25) is 9.48 Å². The van der Waals surface area contributed by atoms with Gasteiger partial charge in [0.25, 0.3) is 5.91 Å². The molecule has 8 heteroatoms. The van der Waals surface area contributed by atoms with E-state index in [1.54, 1.807) is 17.9 Å². The lowest BCUT2D eigenvalue weighted by Gasteiger charge is -2.27. The summed E-state index contributed by atoms with van der Waals surface area (Å²) >= 11 is 5.43. The van der Waals surface area contributed by atoms with Gasteiger partial charge in [0, 0.05) is 20.1 Å². The predicted molar refractivity (Wildman–Crippen MR) is 110 cm³/mol. The van der Waals surface area contributed by atoms with E-state index in [0.29, 0.717) is 23.1 Å². The minimum atomic E-state index is -0.0188. The van der Waals surface area contributed by atoms with Gasteiger partial charge in [-0.25, -0.2) is 0 Å². The number of benzene rings is 1. The van der Waals surface area contributed by atoms with E-state index in [1.165, 1.54) is 6.42 Å². The lowest BCUT2D eigenvalue weighted by molar-refractivity contribution is 0.0714. The minimum Gasteiger partial charge on any atom is -0.492 e. The Labute approximate surface area is 164 Å². The third-order valence-electron chi connectivity index (χ3n) is 4.47. The number of rotatable bonds is 5. The first-order chi connectivity index (χ1) is 13.1. The Balaban J connectivity index is 1.73. The summed E-state index contributed by atoms with van der Waals surface area (Å²) in [7, 11) is 1.77. The van der Waals surface area contributed by atoms with Crippen molar-refractivity contribution in [2.24, 2.45) is 7.05 Å². The van der Waals surface area contributed by atoms with Crippen LogP contribution in [0.4, 0.5) is 11.4 Å². The van der Waals surface area contributed by atoms with Crippen LogP contribution in [0.5, 0.6) is 5.75 Å². The van der Waals surface area contributed by atoms with Crippen LogP contribution in [0.2, 0.25) is 0 Å². The normalized spacial score (nSPS) is 13.9. The third kappa shape index (κ3) is 4.57. The van der Waals surface area contributed by atoms with Crippen molar-refractivity contribution in [3.8, 4) is 5.75 Å². The van der Waals surface area contributed by atoms with Crippen molar-refractivity contribution in [3.63, 3.8) is 0 Å². The lowest BCUT2D eigenvalue weighted by atomic mass is 10.1. The molecule has 0 spiro atoms. The third-order valence-corrected chi connectivity index (χ3v) is 4.67. The van der Waals surface area contributed by atoms with Crippen LogP contribution in [-0.4, -0.2) is 45.4 Å². The summed E-state index contributed by atoms with van der Waals surface area (Å²) in [6, 6.07) is 7.58. The Kier molecular flexibility index (Phi) is 6.28. The van der Waals surface area contributed by atoms with Gasteiger partial charge in [0.05, 0.1) is 24.2 Å². The van der Waals surface area contributed by atoms with Crippen molar-refractivity contribution in [1.29, 1.82) is 0 Å². The molecule has 0 bridgehead atoms. The van der Waals surface area contributed by atoms with Crippen LogP contribution in [-0.2, 0) is 7.05 Å². The molecule has 7 nitrogen and oxygen atoms in total. The number of aromatic nitrogens is 2. The number of nitrogens with zero attached hydrogens (tertiary/aromatic N) is 3. The van der Waals surface area contributed by atoms with E-state index in [2.05, 4.69) is 15.7 Å². The van der Waals surface area contributed by atoms with E-state index in [-0.39, 0.29) is 5.91 Å². The summed E-state index contributed by atoms with van der Waals surface area (Å²) in [5.74, 6) is 0.703. The van der Waals surface area contributed by atoms with Gasteiger partial charge in [-0.2, -0.15) is 5.10 Å². The van der Waals surface area contributed by atoms with E-state index in [4.69, 9.17) is 17.0 Å². The number of hydrogen-bond donors (Lipinski definition) is 2. The first-order valence-electron chi connectivity index (χ1n) is 9.21. The molecule has 2 aromatic rings. The molecule has 1 aromatic heterocycles. The molecule has 2 N–H and O–H groups in total. The highest BCUT2D eigenvalue weighted by molar-refractivity contribution is 7.80. The molecule has 2 heterocycles. The summed E-state index contributed by atoms with van der Waals surface area (Å²) in [5.41, 5.74) is 1.88. The molecule has 1 amide bonds. The number of nitrogens with one attached hydrogen (secondary N) is 2. The summed E-state index contributed by atoms with van der Waals surface area (Å²) in [6.07, 6.45) is 4.88. The molecule has 1 aromatic carbocycles. The fourth-order valence-corrected chi connectivity index (χ4v) is 3.38. The van der Waals surface area contributed by atoms with Gasteiger partial charge in [0.15, 0.2) is 5.11 Å². The maximum Gasteiger partial charge on any atom is 0.274 e. The average Bonchev–Trinajstić information content (AvgIpc) is 3.03. The number of carbonyl (C=O) groups is 1. The smallest absolute Gasteiger partial charge is 0.274 e. The average molecular weight is 388 g/mol. The van der Waals surface area contributed by atoms with Gasteiger partial charge in [0.1, 0.15) is 11.4 Å². The molecule has 1 saturated heterocycles. The van der Waals surface area contributed by atoms with Crippen LogP contribution in [0, 0.1) is 0 Å². The van der Waals surface area contributed by atoms with Gasteiger partial charge >= 0.3 is 0 Å². The van der Waals surface area contributed by atoms with Crippen molar-refractivity contribution in [2.75, 3.05) is 30.3 Å². The van der Waals surface area contributed by atoms with Crippen molar-refractivity contribution in [3.05, 3.63) is 36.2 Å². The molecule has 0 saturated carbocycles. The van der Waals surface area contributed by atoms with Gasteiger partial charge in [-0.15, -0.1) is 0 Å². The number of hydrogen-bond acceptors (Lipinski definition) is 4. The zero-order chi connectivity index (χ0) is 19.2. The fourth-order valence-electron chi connectivity index (χ4n) is 3.16. The Bertz CT molecular complexity index is 814. The number of para-hydroxylation sites is 2. The van der Waals surface area contributed by atoms with Crippen LogP contribution in [0.25, 0.3) is 0 Å². The highest BCUT2D eigenvalue weighted by Crippen LogP contribution is 2.25. The minimum absolute atomic E-state index is 0.0188. The van der Waals surface area contributed by atoms with Crippen molar-refractivity contribution in [2.45, 2.75) is 26.2 Å². The maximum atomic E-state index is 12.9. The Morgan fingerprint density at radius 2 is 1.89 bits per heavy atom. The Morgan fingerprint density at radius 3 is 2.63 bits per heavy atom. The van der Waals surface area contributed by atoms with E-state index in [0.717, 1.165) is 37.4 Å². The number of aryl methyl sites for hydroxylation is 1. The topological polar surface area (TPSA) is 71.4 Å². The van der Waals surface area contributed by atoms with Crippen LogP contribution < -0.4 is 15.4 Å². The van der Waals surface area contributed by atoms with Crippen LogP contribution >= 0.6 is 12.2 Å². The van der Waals surface area contributed by atoms with E-state index < -0.39 is 0 Å². The Hall–Kier alpha value is -2.61. The first kappa shape index (κ1) is 19.2. The second-order valence-corrected chi connectivity index (χ2v) is 6.80. The Morgan fingerprint density at radius 1 is 1.19 bits per heavy atom. The molecule has 0 radical (unpaired) electrons. The fraction of sp³-hybridized carbons (Fsp3) is 0.421. The number of likely N-dealkylation sites (tertiary alicyclic amines) is 1. The van der Waals surface area contributed by atoms with E-state index >= 15 is 0 Å². The van der Waals surface area contributed by atoms with Gasteiger partial charge in [-0.1, -0.05) is 12.1 Å². The summed E-state index contributed by atoms with van der Waals surface area (Å²) < 4.78 is 7.20. The second-order valence-electron chi connectivity index (χ2n) is 6.39. The highest BCUT2D eigenvalue weighted by Gasteiger charge is 2.24. The van der Waals surface area contributed by atoms with Crippen molar-refractivity contribution < 1.29 is 9.53 Å². The number of ether oxygens (including phenoxy) is 1.